The maximum atomic E-state index is 11.8. The molecule has 1 aromatic carbocycles. The Morgan fingerprint density at radius 3 is 2.70 bits per heavy atom. The fourth-order valence-corrected chi connectivity index (χ4v) is 2.13. The lowest BCUT2D eigenvalue weighted by atomic mass is 10.1. The molecule has 0 radical (unpaired) electrons. The van der Waals surface area contributed by atoms with Crippen molar-refractivity contribution in [3.05, 3.63) is 64.9 Å². The molecule has 2 N–H and O–H groups in total. The summed E-state index contributed by atoms with van der Waals surface area (Å²) in [7, 11) is 0. The van der Waals surface area contributed by atoms with Crippen LogP contribution in [0.5, 0.6) is 0 Å². The number of hydrogen-bond acceptors (Lipinski definition) is 4. The standard InChI is InChI=1S/C17H19ClN2O3/c18-14-6-7-15(19-10-14)8-9-16(11-21)20-17(22)23-12-13-4-2-1-3-5-13/h1-7,10,16,21H,8-9,11-12H2,(H,20,22)/t16-/m1/s1. The number of aliphatic hydroxyl groups excluding tert-OH is 1. The number of rotatable bonds is 7. The van der Waals surface area contributed by atoms with E-state index in [9.17, 15) is 9.90 Å². The van der Waals surface area contributed by atoms with E-state index in [1.807, 2.05) is 36.4 Å². The molecule has 0 aliphatic carbocycles. The first-order valence-electron chi connectivity index (χ1n) is 7.36. The van der Waals surface area contributed by atoms with Gasteiger partial charge in [0.25, 0.3) is 0 Å². The molecule has 23 heavy (non-hydrogen) atoms. The van der Waals surface area contributed by atoms with Gasteiger partial charge in [0.1, 0.15) is 6.61 Å². The summed E-state index contributed by atoms with van der Waals surface area (Å²) in [6.45, 7) is 0.0393. The van der Waals surface area contributed by atoms with Crippen LogP contribution in [0.3, 0.4) is 0 Å². The molecule has 1 aromatic heterocycles. The molecule has 2 aromatic rings. The van der Waals surface area contributed by atoms with Crippen LogP contribution in [-0.4, -0.2) is 28.8 Å². The van der Waals surface area contributed by atoms with E-state index in [0.29, 0.717) is 17.9 Å². The number of amides is 1. The number of hydrogen-bond donors (Lipinski definition) is 2. The average Bonchev–Trinajstić information content (AvgIpc) is 2.59. The van der Waals surface area contributed by atoms with Crippen LogP contribution in [0.4, 0.5) is 4.79 Å². The van der Waals surface area contributed by atoms with Crippen LogP contribution < -0.4 is 5.32 Å². The molecule has 2 rings (SSSR count). The first-order valence-corrected chi connectivity index (χ1v) is 7.73. The van der Waals surface area contributed by atoms with Gasteiger partial charge in [-0.05, 0) is 30.5 Å². The maximum Gasteiger partial charge on any atom is 0.407 e. The second-order valence-corrected chi connectivity index (χ2v) is 5.53. The summed E-state index contributed by atoms with van der Waals surface area (Å²) in [6, 6.07) is 12.6. The van der Waals surface area contributed by atoms with E-state index in [2.05, 4.69) is 10.3 Å². The Kier molecular flexibility index (Phi) is 6.84. The van der Waals surface area contributed by atoms with Crippen LogP contribution in [-0.2, 0) is 17.8 Å². The van der Waals surface area contributed by atoms with E-state index in [0.717, 1.165) is 11.3 Å². The molecular formula is C17H19ClN2O3. The Balaban J connectivity index is 1.74. The minimum Gasteiger partial charge on any atom is -0.445 e. The molecule has 122 valence electrons. The SMILES string of the molecule is O=C(N[C@@H](CO)CCc1ccc(Cl)cn1)OCc1ccccc1. The number of carbonyl (C=O) groups excluding carboxylic acids is 1. The van der Waals surface area contributed by atoms with E-state index in [-0.39, 0.29) is 19.3 Å². The Labute approximate surface area is 140 Å². The van der Waals surface area contributed by atoms with Crippen molar-refractivity contribution in [2.24, 2.45) is 0 Å². The molecule has 0 bridgehead atoms. The van der Waals surface area contributed by atoms with Crippen LogP contribution >= 0.6 is 11.6 Å². The molecule has 1 heterocycles. The zero-order valence-corrected chi connectivity index (χ0v) is 13.4. The number of halogens is 1. The molecule has 5 nitrogen and oxygen atoms in total. The van der Waals surface area contributed by atoms with Gasteiger partial charge < -0.3 is 15.2 Å². The minimum absolute atomic E-state index is 0.159. The van der Waals surface area contributed by atoms with Gasteiger partial charge in [-0.1, -0.05) is 41.9 Å². The lowest BCUT2D eigenvalue weighted by Crippen LogP contribution is -2.38. The fraction of sp³-hybridized carbons (Fsp3) is 0.294. The van der Waals surface area contributed by atoms with E-state index in [1.165, 1.54) is 0 Å². The first-order chi connectivity index (χ1) is 11.2. The Hall–Kier alpha value is -2.11. The van der Waals surface area contributed by atoms with Crippen LogP contribution in [0, 0.1) is 0 Å². The monoisotopic (exact) mass is 334 g/mol. The highest BCUT2D eigenvalue weighted by Gasteiger charge is 2.13. The van der Waals surface area contributed by atoms with Gasteiger partial charge in [-0.2, -0.15) is 0 Å². The average molecular weight is 335 g/mol. The number of ether oxygens (including phenoxy) is 1. The molecule has 1 amide bonds. The van der Waals surface area contributed by atoms with Crippen LogP contribution in [0.2, 0.25) is 5.02 Å². The normalized spacial score (nSPS) is 11.7. The first kappa shape index (κ1) is 17.2. The maximum absolute atomic E-state index is 11.8. The van der Waals surface area contributed by atoms with Gasteiger partial charge in [0, 0.05) is 11.9 Å². The van der Waals surface area contributed by atoms with E-state index < -0.39 is 6.09 Å². The molecule has 0 saturated heterocycles. The minimum atomic E-state index is -0.544. The zero-order chi connectivity index (χ0) is 16.5. The number of nitrogens with one attached hydrogen (secondary N) is 1. The molecule has 0 fully saturated rings. The predicted molar refractivity (Wildman–Crippen MR) is 88.2 cm³/mol. The number of aromatic nitrogens is 1. The number of alkyl carbamates (subject to hydrolysis) is 1. The highest BCUT2D eigenvalue weighted by Crippen LogP contribution is 2.09. The second kappa shape index (κ2) is 9.12. The number of pyridine rings is 1. The van der Waals surface area contributed by atoms with Gasteiger partial charge in [-0.15, -0.1) is 0 Å². The van der Waals surface area contributed by atoms with Crippen molar-refractivity contribution < 1.29 is 14.6 Å². The number of carbonyl (C=O) groups is 1. The smallest absolute Gasteiger partial charge is 0.407 e. The van der Waals surface area contributed by atoms with Crippen molar-refractivity contribution in [1.82, 2.24) is 10.3 Å². The van der Waals surface area contributed by atoms with Crippen LogP contribution in [0.25, 0.3) is 0 Å². The lowest BCUT2D eigenvalue weighted by molar-refractivity contribution is 0.128. The third-order valence-electron chi connectivity index (χ3n) is 3.29. The van der Waals surface area contributed by atoms with Gasteiger partial charge in [-0.3, -0.25) is 4.98 Å². The fourth-order valence-electron chi connectivity index (χ4n) is 2.02. The number of aliphatic hydroxyl groups is 1. The van der Waals surface area contributed by atoms with E-state index in [4.69, 9.17) is 16.3 Å². The van der Waals surface area contributed by atoms with Gasteiger partial charge >= 0.3 is 6.09 Å². The molecule has 0 aliphatic heterocycles. The lowest BCUT2D eigenvalue weighted by Gasteiger charge is -2.16. The second-order valence-electron chi connectivity index (χ2n) is 5.09. The number of benzene rings is 1. The molecular weight excluding hydrogens is 316 g/mol. The van der Waals surface area contributed by atoms with Crippen molar-refractivity contribution in [2.45, 2.75) is 25.5 Å². The van der Waals surface area contributed by atoms with E-state index in [1.54, 1.807) is 12.3 Å². The summed E-state index contributed by atoms with van der Waals surface area (Å²) in [4.78, 5) is 15.9. The van der Waals surface area contributed by atoms with Crippen molar-refractivity contribution in [1.29, 1.82) is 0 Å². The highest BCUT2D eigenvalue weighted by atomic mass is 35.5. The van der Waals surface area contributed by atoms with Crippen molar-refractivity contribution in [3.63, 3.8) is 0 Å². The molecule has 6 heteroatoms. The zero-order valence-electron chi connectivity index (χ0n) is 12.6. The predicted octanol–water partition coefficient (Wildman–Crippen LogP) is 2.95. The third kappa shape index (κ3) is 6.26. The molecule has 0 aliphatic rings. The Morgan fingerprint density at radius 2 is 2.04 bits per heavy atom. The summed E-state index contributed by atoms with van der Waals surface area (Å²) in [5.41, 5.74) is 1.76. The Bertz CT molecular complexity index is 605. The molecule has 0 unspecified atom stereocenters. The van der Waals surface area contributed by atoms with Crippen LogP contribution in [0.1, 0.15) is 17.7 Å². The summed E-state index contributed by atoms with van der Waals surface area (Å²) in [5.74, 6) is 0. The third-order valence-corrected chi connectivity index (χ3v) is 3.52. The highest BCUT2D eigenvalue weighted by molar-refractivity contribution is 6.30. The summed E-state index contributed by atoms with van der Waals surface area (Å²) in [5, 5.41) is 12.6. The summed E-state index contributed by atoms with van der Waals surface area (Å²) in [6.07, 6.45) is 2.22. The van der Waals surface area contributed by atoms with Gasteiger partial charge in [0.2, 0.25) is 0 Å². The Morgan fingerprint density at radius 1 is 1.26 bits per heavy atom. The van der Waals surface area contributed by atoms with Gasteiger partial charge in [0.15, 0.2) is 0 Å². The van der Waals surface area contributed by atoms with Crippen molar-refractivity contribution in [3.8, 4) is 0 Å². The topological polar surface area (TPSA) is 71.5 Å². The molecule has 1 atom stereocenters. The number of aryl methyl sites for hydroxylation is 1. The molecule has 0 saturated carbocycles. The van der Waals surface area contributed by atoms with E-state index >= 15 is 0 Å². The van der Waals surface area contributed by atoms with Crippen molar-refractivity contribution in [2.75, 3.05) is 6.61 Å². The van der Waals surface area contributed by atoms with Gasteiger partial charge in [-0.25, -0.2) is 4.79 Å². The quantitative estimate of drug-likeness (QED) is 0.816. The molecule has 0 spiro atoms. The van der Waals surface area contributed by atoms with Crippen molar-refractivity contribution >= 4 is 17.7 Å². The summed E-state index contributed by atoms with van der Waals surface area (Å²) < 4.78 is 5.13. The largest absolute Gasteiger partial charge is 0.445 e. The van der Waals surface area contributed by atoms with Gasteiger partial charge in [0.05, 0.1) is 17.7 Å². The summed E-state index contributed by atoms with van der Waals surface area (Å²) >= 11 is 5.78. The number of nitrogens with zero attached hydrogens (tertiary/aromatic N) is 1. The van der Waals surface area contributed by atoms with Crippen LogP contribution in [0.15, 0.2) is 48.7 Å².